The van der Waals surface area contributed by atoms with Gasteiger partial charge in [0.15, 0.2) is 11.6 Å². The van der Waals surface area contributed by atoms with Crippen molar-refractivity contribution < 1.29 is 22.8 Å². The van der Waals surface area contributed by atoms with Gasteiger partial charge in [-0.3, -0.25) is 24.0 Å². The van der Waals surface area contributed by atoms with Crippen molar-refractivity contribution in [3.63, 3.8) is 0 Å². The number of benzene rings is 1. The van der Waals surface area contributed by atoms with Crippen LogP contribution in [0.4, 0.5) is 24.7 Å². The molecule has 5 rings (SSSR count). The average molecular weight is 536 g/mol. The van der Waals surface area contributed by atoms with E-state index >= 15 is 0 Å². The summed E-state index contributed by atoms with van der Waals surface area (Å²) in [6.45, 7) is 7.63. The lowest BCUT2D eigenvalue weighted by atomic mass is 9.90. The van der Waals surface area contributed by atoms with Crippen LogP contribution in [0, 0.1) is 6.92 Å². The lowest BCUT2D eigenvalue weighted by molar-refractivity contribution is -0.137. The van der Waals surface area contributed by atoms with Gasteiger partial charge in [-0.1, -0.05) is 6.07 Å². The predicted molar refractivity (Wildman–Crippen MR) is 138 cm³/mol. The van der Waals surface area contributed by atoms with Gasteiger partial charge in [0.05, 0.1) is 23.1 Å². The van der Waals surface area contributed by atoms with Crippen molar-refractivity contribution in [1.29, 1.82) is 0 Å². The number of halogens is 3. The van der Waals surface area contributed by atoms with Gasteiger partial charge in [0, 0.05) is 35.1 Å². The Bertz CT molecular complexity index is 1610. The van der Waals surface area contributed by atoms with Crippen molar-refractivity contribution in [2.75, 3.05) is 16.8 Å². The molecule has 39 heavy (non-hydrogen) atoms. The van der Waals surface area contributed by atoms with Gasteiger partial charge in [-0.2, -0.15) is 13.2 Å². The van der Waals surface area contributed by atoms with E-state index in [0.29, 0.717) is 46.4 Å². The van der Waals surface area contributed by atoms with E-state index in [9.17, 15) is 22.8 Å². The molecular formula is C27H24F3N7O2. The van der Waals surface area contributed by atoms with Crippen molar-refractivity contribution >= 4 is 23.3 Å². The molecule has 4 heterocycles. The van der Waals surface area contributed by atoms with Crippen LogP contribution in [0.2, 0.25) is 0 Å². The third kappa shape index (κ3) is 4.51. The number of aryl methyl sites for hydroxylation is 1. The van der Waals surface area contributed by atoms with Crippen LogP contribution in [-0.2, 0) is 16.4 Å². The molecule has 0 saturated heterocycles. The van der Waals surface area contributed by atoms with E-state index in [1.165, 1.54) is 24.7 Å². The van der Waals surface area contributed by atoms with E-state index in [2.05, 4.69) is 25.5 Å². The van der Waals surface area contributed by atoms with Gasteiger partial charge in [-0.25, -0.2) is 4.98 Å². The Hall–Kier alpha value is -4.61. The fourth-order valence-corrected chi connectivity index (χ4v) is 4.57. The topological polar surface area (TPSA) is 106 Å². The number of carbonyl (C=O) groups excluding carboxylic acids is 2. The minimum Gasteiger partial charge on any atom is -0.321 e. The number of alkyl halides is 3. The smallest absolute Gasteiger partial charge is 0.321 e. The first kappa shape index (κ1) is 26.0. The first-order valence-electron chi connectivity index (χ1n) is 12.1. The molecule has 2 amide bonds. The fourth-order valence-electron chi connectivity index (χ4n) is 4.57. The van der Waals surface area contributed by atoms with Crippen LogP contribution in [0.3, 0.4) is 0 Å². The zero-order valence-electron chi connectivity index (χ0n) is 21.5. The molecule has 0 spiro atoms. The van der Waals surface area contributed by atoms with Gasteiger partial charge in [0.2, 0.25) is 5.91 Å². The predicted octanol–water partition coefficient (Wildman–Crippen LogP) is 4.95. The summed E-state index contributed by atoms with van der Waals surface area (Å²) < 4.78 is 41.0. The zero-order valence-corrected chi connectivity index (χ0v) is 21.5. The van der Waals surface area contributed by atoms with E-state index < -0.39 is 23.1 Å². The van der Waals surface area contributed by atoms with Crippen LogP contribution in [0.15, 0.2) is 55.1 Å². The van der Waals surface area contributed by atoms with Crippen LogP contribution in [0.1, 0.15) is 48.2 Å². The van der Waals surface area contributed by atoms with Gasteiger partial charge in [-0.15, -0.1) is 10.2 Å². The summed E-state index contributed by atoms with van der Waals surface area (Å²) in [6, 6.07) is 7.71. The summed E-state index contributed by atoms with van der Waals surface area (Å²) in [7, 11) is 0. The fraction of sp³-hybridized carbons (Fsp3) is 0.259. The van der Waals surface area contributed by atoms with Gasteiger partial charge in [-0.05, 0) is 58.0 Å². The number of nitrogens with zero attached hydrogens (tertiary/aromatic N) is 6. The van der Waals surface area contributed by atoms with Crippen molar-refractivity contribution in [2.24, 2.45) is 0 Å². The largest absolute Gasteiger partial charge is 0.416 e. The van der Waals surface area contributed by atoms with Gasteiger partial charge in [0.25, 0.3) is 5.91 Å². The Kier molecular flexibility index (Phi) is 6.20. The first-order chi connectivity index (χ1) is 18.4. The number of hydrogen-bond acceptors (Lipinski definition) is 6. The summed E-state index contributed by atoms with van der Waals surface area (Å²) in [6.07, 6.45) is 0.00823. The molecule has 1 aliphatic rings. The van der Waals surface area contributed by atoms with Gasteiger partial charge < -0.3 is 5.32 Å². The number of amides is 2. The minimum atomic E-state index is -4.56. The molecule has 0 saturated carbocycles. The molecule has 0 aliphatic carbocycles. The molecule has 0 unspecified atom stereocenters. The summed E-state index contributed by atoms with van der Waals surface area (Å²) in [5.74, 6) is 0.0692. The zero-order chi connectivity index (χ0) is 28.1. The summed E-state index contributed by atoms with van der Waals surface area (Å²) in [4.78, 5) is 36.7. The normalized spacial score (nSPS) is 14.4. The van der Waals surface area contributed by atoms with Crippen molar-refractivity contribution in [2.45, 2.75) is 39.3 Å². The van der Waals surface area contributed by atoms with E-state index in [-0.39, 0.29) is 11.5 Å². The van der Waals surface area contributed by atoms with E-state index in [0.717, 1.165) is 12.1 Å². The number of rotatable bonds is 4. The molecule has 0 bridgehead atoms. The first-order valence-corrected chi connectivity index (χ1v) is 12.1. The van der Waals surface area contributed by atoms with E-state index in [4.69, 9.17) is 0 Å². The van der Waals surface area contributed by atoms with Crippen LogP contribution in [-0.4, -0.2) is 43.1 Å². The van der Waals surface area contributed by atoms with Crippen molar-refractivity contribution in [3.05, 3.63) is 77.8 Å². The molecule has 0 fully saturated rings. The lowest BCUT2D eigenvalue weighted by Gasteiger charge is -2.26. The van der Waals surface area contributed by atoms with Crippen molar-refractivity contribution in [1.82, 2.24) is 24.7 Å². The molecule has 12 heteroatoms. The molecule has 1 aliphatic heterocycles. The number of carbonyl (C=O) groups is 2. The summed E-state index contributed by atoms with van der Waals surface area (Å²) in [5.41, 5.74) is 0.830. The number of pyridine rings is 2. The van der Waals surface area contributed by atoms with Gasteiger partial charge in [0.1, 0.15) is 11.7 Å². The maximum atomic E-state index is 13.4. The molecule has 4 aromatic rings. The van der Waals surface area contributed by atoms with E-state index in [1.807, 2.05) is 13.0 Å². The maximum absolute atomic E-state index is 13.4. The number of fused-ring (bicyclic) bond motifs is 3. The highest BCUT2D eigenvalue weighted by Gasteiger charge is 2.42. The molecular weight excluding hydrogens is 511 g/mol. The van der Waals surface area contributed by atoms with Gasteiger partial charge >= 0.3 is 6.18 Å². The number of nitrogens with one attached hydrogen (secondary N) is 1. The molecule has 200 valence electrons. The van der Waals surface area contributed by atoms with Crippen LogP contribution < -0.4 is 10.2 Å². The second kappa shape index (κ2) is 9.29. The SMILES string of the molecule is CCN1C(=O)C(C)(C)c2nncn2-c2cc(-c3cc(NC(=O)c4cccc(C(F)(F)F)c4)cnc3C)cnc21. The number of anilines is 2. The van der Waals surface area contributed by atoms with E-state index in [1.54, 1.807) is 42.5 Å². The quantitative estimate of drug-likeness (QED) is 0.397. The highest BCUT2D eigenvalue weighted by atomic mass is 19.4. The summed E-state index contributed by atoms with van der Waals surface area (Å²) in [5, 5.41) is 10.9. The second-order valence-corrected chi connectivity index (χ2v) is 9.66. The standard InChI is InChI=1S/C27H24F3N7O2/c1-5-36-22-21(37-14-33-35-24(37)26(3,4)25(36)39)10-17(12-32-22)20-11-19(13-31-15(20)2)34-23(38)16-7-6-8-18(9-16)27(28,29)30/h6-14H,5H2,1-4H3,(H,34,38). The number of aromatic nitrogens is 5. The molecule has 1 N–H and O–H groups in total. The highest BCUT2D eigenvalue weighted by molar-refractivity contribution is 6.05. The number of likely N-dealkylation sites (N-methyl/N-ethyl adjacent to an activating group) is 1. The Labute approximate surface area is 221 Å². The van der Waals surface area contributed by atoms with Crippen molar-refractivity contribution in [3.8, 4) is 16.8 Å². The number of hydrogen-bond donors (Lipinski definition) is 1. The molecule has 0 radical (unpaired) electrons. The molecule has 9 nitrogen and oxygen atoms in total. The Morgan fingerprint density at radius 3 is 2.59 bits per heavy atom. The molecule has 3 aromatic heterocycles. The monoisotopic (exact) mass is 535 g/mol. The second-order valence-electron chi connectivity index (χ2n) is 9.66. The molecule has 1 aromatic carbocycles. The summed E-state index contributed by atoms with van der Waals surface area (Å²) >= 11 is 0. The highest BCUT2D eigenvalue weighted by Crippen LogP contribution is 2.38. The van der Waals surface area contributed by atoms with Crippen LogP contribution in [0.5, 0.6) is 0 Å². The lowest BCUT2D eigenvalue weighted by Crippen LogP contribution is -2.43. The Morgan fingerprint density at radius 1 is 1.10 bits per heavy atom. The third-order valence-electron chi connectivity index (χ3n) is 6.67. The third-order valence-corrected chi connectivity index (χ3v) is 6.67. The van der Waals surface area contributed by atoms with Crippen LogP contribution >= 0.6 is 0 Å². The molecule has 0 atom stereocenters. The van der Waals surface area contributed by atoms with Crippen LogP contribution in [0.25, 0.3) is 16.8 Å². The minimum absolute atomic E-state index is 0.134. The average Bonchev–Trinajstić information content (AvgIpc) is 3.39. The Balaban J connectivity index is 1.54. The maximum Gasteiger partial charge on any atom is 0.416 e. The Morgan fingerprint density at radius 2 is 1.87 bits per heavy atom.